The number of ether oxygens (including phenoxy) is 1. The first kappa shape index (κ1) is 19.0. The third kappa shape index (κ3) is 4.05. The summed E-state index contributed by atoms with van der Waals surface area (Å²) in [4.78, 5) is 27.3. The van der Waals surface area contributed by atoms with Crippen LogP contribution in [-0.2, 0) is 11.3 Å². The molecule has 2 aromatic heterocycles. The summed E-state index contributed by atoms with van der Waals surface area (Å²) in [7, 11) is 0. The second-order valence-electron chi connectivity index (χ2n) is 6.95. The van der Waals surface area contributed by atoms with Crippen molar-refractivity contribution in [3.63, 3.8) is 0 Å². The Morgan fingerprint density at radius 1 is 1.21 bits per heavy atom. The minimum Gasteiger partial charge on any atom is -0.464 e. The number of nitrogens with zero attached hydrogens (tertiary/aromatic N) is 1. The van der Waals surface area contributed by atoms with Crippen molar-refractivity contribution in [1.29, 1.82) is 0 Å². The first-order valence-electron chi connectivity index (χ1n) is 9.19. The van der Waals surface area contributed by atoms with Gasteiger partial charge in [-0.3, -0.25) is 9.59 Å². The van der Waals surface area contributed by atoms with Gasteiger partial charge in [-0.15, -0.1) is 0 Å². The Labute approximate surface area is 170 Å². The predicted octanol–water partition coefficient (Wildman–Crippen LogP) is 4.28. The van der Waals surface area contributed by atoms with E-state index < -0.39 is 0 Å². The van der Waals surface area contributed by atoms with Crippen LogP contribution in [0.2, 0.25) is 0 Å². The zero-order valence-electron chi connectivity index (χ0n) is 15.4. The largest absolute Gasteiger partial charge is 0.464 e. The Hall–Kier alpha value is -2.38. The van der Waals surface area contributed by atoms with Gasteiger partial charge >= 0.3 is 0 Å². The number of halogens is 1. The standard InChI is InChI=1S/C21H20BrNO5/c1-13-4-6-16(27-13)12-23(11-15-3-2-8-26-15)21(25)20-10-18(24)17-9-14(22)5-7-19(17)28-20/h4-7,9-10,15H,2-3,8,11-12H2,1H3. The number of hydrogen-bond acceptors (Lipinski definition) is 5. The van der Waals surface area contributed by atoms with E-state index in [4.69, 9.17) is 13.6 Å². The lowest BCUT2D eigenvalue weighted by atomic mass is 10.2. The van der Waals surface area contributed by atoms with Crippen LogP contribution in [0.3, 0.4) is 0 Å². The molecule has 0 spiro atoms. The lowest BCUT2D eigenvalue weighted by Gasteiger charge is -2.24. The molecule has 1 fully saturated rings. The fraction of sp³-hybridized carbons (Fsp3) is 0.333. The normalized spacial score (nSPS) is 16.6. The number of amides is 1. The highest BCUT2D eigenvalue weighted by Crippen LogP contribution is 2.21. The van der Waals surface area contributed by atoms with Crippen LogP contribution in [0.4, 0.5) is 0 Å². The van der Waals surface area contributed by atoms with Gasteiger partial charge < -0.3 is 18.5 Å². The van der Waals surface area contributed by atoms with Crippen molar-refractivity contribution in [3.8, 4) is 0 Å². The molecule has 0 bridgehead atoms. The molecule has 1 unspecified atom stereocenters. The van der Waals surface area contributed by atoms with E-state index in [1.165, 1.54) is 6.07 Å². The number of carbonyl (C=O) groups is 1. The Kier molecular flexibility index (Phi) is 5.37. The quantitative estimate of drug-likeness (QED) is 0.585. The Balaban J connectivity index is 1.66. The van der Waals surface area contributed by atoms with E-state index >= 15 is 0 Å². The van der Waals surface area contributed by atoms with Crippen molar-refractivity contribution in [3.05, 3.63) is 68.4 Å². The van der Waals surface area contributed by atoms with Crippen LogP contribution in [0.1, 0.15) is 34.9 Å². The van der Waals surface area contributed by atoms with Gasteiger partial charge in [0.05, 0.1) is 18.0 Å². The lowest BCUT2D eigenvalue weighted by molar-refractivity contribution is 0.0468. The van der Waals surface area contributed by atoms with Gasteiger partial charge in [0.2, 0.25) is 0 Å². The maximum absolute atomic E-state index is 13.2. The summed E-state index contributed by atoms with van der Waals surface area (Å²) in [6.45, 7) is 3.26. The predicted molar refractivity (Wildman–Crippen MR) is 107 cm³/mol. The van der Waals surface area contributed by atoms with Gasteiger partial charge in [-0.25, -0.2) is 0 Å². The average Bonchev–Trinajstić information content (AvgIpc) is 3.33. The molecule has 1 saturated heterocycles. The van der Waals surface area contributed by atoms with E-state index in [2.05, 4.69) is 15.9 Å². The summed E-state index contributed by atoms with van der Waals surface area (Å²) in [6.07, 6.45) is 1.85. The Bertz CT molecular complexity index is 1060. The van der Waals surface area contributed by atoms with E-state index in [1.807, 2.05) is 19.1 Å². The van der Waals surface area contributed by atoms with E-state index in [-0.39, 0.29) is 29.7 Å². The first-order valence-corrected chi connectivity index (χ1v) is 9.98. The van der Waals surface area contributed by atoms with Crippen LogP contribution in [0.5, 0.6) is 0 Å². The molecule has 1 aromatic carbocycles. The van der Waals surface area contributed by atoms with Crippen LogP contribution >= 0.6 is 15.9 Å². The Morgan fingerprint density at radius 3 is 2.79 bits per heavy atom. The molecule has 6 nitrogen and oxygen atoms in total. The van der Waals surface area contributed by atoms with Crippen LogP contribution in [0.25, 0.3) is 11.0 Å². The zero-order valence-corrected chi connectivity index (χ0v) is 17.0. The molecule has 3 heterocycles. The summed E-state index contributed by atoms with van der Waals surface area (Å²) >= 11 is 3.35. The molecule has 1 atom stereocenters. The molecule has 4 rings (SSSR count). The summed E-state index contributed by atoms with van der Waals surface area (Å²) in [5.74, 6) is 1.12. The maximum atomic E-state index is 13.2. The number of carbonyl (C=O) groups excluding carboxylic acids is 1. The molecule has 0 saturated carbocycles. The van der Waals surface area contributed by atoms with Gasteiger partial charge in [-0.2, -0.15) is 0 Å². The summed E-state index contributed by atoms with van der Waals surface area (Å²) in [5.41, 5.74) is 0.127. The van der Waals surface area contributed by atoms with Crippen molar-refractivity contribution in [1.82, 2.24) is 4.90 Å². The highest BCUT2D eigenvalue weighted by molar-refractivity contribution is 9.10. The fourth-order valence-corrected chi connectivity index (χ4v) is 3.76. The van der Waals surface area contributed by atoms with Crippen LogP contribution < -0.4 is 5.43 Å². The minimum absolute atomic E-state index is 0.0149. The number of furan rings is 1. The van der Waals surface area contributed by atoms with Crippen LogP contribution in [-0.4, -0.2) is 30.1 Å². The molecule has 7 heteroatoms. The highest BCUT2D eigenvalue weighted by atomic mass is 79.9. The van der Waals surface area contributed by atoms with Gasteiger partial charge in [-0.05, 0) is 50.1 Å². The van der Waals surface area contributed by atoms with Crippen molar-refractivity contribution in [2.45, 2.75) is 32.4 Å². The molecule has 3 aromatic rings. The van der Waals surface area contributed by atoms with Crippen molar-refractivity contribution in [2.24, 2.45) is 0 Å². The second kappa shape index (κ2) is 7.93. The average molecular weight is 446 g/mol. The highest BCUT2D eigenvalue weighted by Gasteiger charge is 2.26. The molecule has 0 aliphatic carbocycles. The van der Waals surface area contributed by atoms with Crippen LogP contribution in [0.15, 0.2) is 54.5 Å². The van der Waals surface area contributed by atoms with Crippen molar-refractivity contribution >= 4 is 32.8 Å². The van der Waals surface area contributed by atoms with Crippen LogP contribution in [0, 0.1) is 6.92 Å². The molecule has 1 aliphatic heterocycles. The molecule has 1 amide bonds. The van der Waals surface area contributed by atoms with Gasteiger partial charge in [0.15, 0.2) is 11.2 Å². The summed E-state index contributed by atoms with van der Waals surface area (Å²) < 4.78 is 17.9. The van der Waals surface area contributed by atoms with Gasteiger partial charge in [0.1, 0.15) is 17.1 Å². The number of benzene rings is 1. The molecule has 28 heavy (non-hydrogen) atoms. The van der Waals surface area contributed by atoms with E-state index in [1.54, 1.807) is 23.1 Å². The third-order valence-electron chi connectivity index (χ3n) is 4.78. The lowest BCUT2D eigenvalue weighted by Crippen LogP contribution is -2.37. The molecule has 146 valence electrons. The number of hydrogen-bond donors (Lipinski definition) is 0. The fourth-order valence-electron chi connectivity index (χ4n) is 3.40. The number of aryl methyl sites for hydroxylation is 1. The van der Waals surface area contributed by atoms with E-state index in [0.717, 1.165) is 23.1 Å². The molecular formula is C21H20BrNO5. The zero-order chi connectivity index (χ0) is 19.7. The van der Waals surface area contributed by atoms with Gasteiger partial charge in [0, 0.05) is 23.7 Å². The van der Waals surface area contributed by atoms with Gasteiger partial charge in [0.25, 0.3) is 5.91 Å². The monoisotopic (exact) mass is 445 g/mol. The van der Waals surface area contributed by atoms with Crippen molar-refractivity contribution < 1.29 is 18.4 Å². The Morgan fingerprint density at radius 2 is 2.07 bits per heavy atom. The minimum atomic E-state index is -0.355. The van der Waals surface area contributed by atoms with Crippen molar-refractivity contribution in [2.75, 3.05) is 13.2 Å². The number of fused-ring (bicyclic) bond motifs is 1. The molecule has 1 aliphatic rings. The smallest absolute Gasteiger partial charge is 0.290 e. The third-order valence-corrected chi connectivity index (χ3v) is 5.27. The maximum Gasteiger partial charge on any atom is 0.290 e. The number of rotatable bonds is 5. The second-order valence-corrected chi connectivity index (χ2v) is 7.86. The molecule has 0 N–H and O–H groups in total. The SMILES string of the molecule is Cc1ccc(CN(CC2CCCO2)C(=O)c2cc(=O)c3cc(Br)ccc3o2)o1. The summed E-state index contributed by atoms with van der Waals surface area (Å²) in [5, 5.41) is 0.429. The topological polar surface area (TPSA) is 72.9 Å². The van der Waals surface area contributed by atoms with E-state index in [9.17, 15) is 9.59 Å². The summed E-state index contributed by atoms with van der Waals surface area (Å²) in [6, 6.07) is 10.1. The van der Waals surface area contributed by atoms with E-state index in [0.29, 0.717) is 29.9 Å². The first-order chi connectivity index (χ1) is 13.5. The van der Waals surface area contributed by atoms with Gasteiger partial charge in [-0.1, -0.05) is 15.9 Å². The molecule has 0 radical (unpaired) electrons. The molecular weight excluding hydrogens is 426 g/mol.